The third-order valence-electron chi connectivity index (χ3n) is 3.05. The van der Waals surface area contributed by atoms with E-state index in [1.807, 2.05) is 0 Å². The first-order valence-corrected chi connectivity index (χ1v) is 5.56. The largest absolute Gasteiger partial charge is 0.481 e. The molecule has 1 aromatic rings. The van der Waals surface area contributed by atoms with Crippen molar-refractivity contribution in [2.24, 2.45) is 5.92 Å². The van der Waals surface area contributed by atoms with Gasteiger partial charge in [0.25, 0.3) is 0 Å². The highest BCUT2D eigenvalue weighted by atomic mass is 16.4. The summed E-state index contributed by atoms with van der Waals surface area (Å²) in [4.78, 5) is 14.9. The Balaban J connectivity index is 1.79. The Morgan fingerprint density at radius 2 is 2.50 bits per heavy atom. The van der Waals surface area contributed by atoms with E-state index in [1.54, 1.807) is 0 Å². The molecule has 2 rings (SSSR count). The molecule has 0 aliphatic heterocycles. The average Bonchev–Trinajstić information content (AvgIpc) is 2.79. The second-order valence-corrected chi connectivity index (χ2v) is 4.21. The van der Waals surface area contributed by atoms with Gasteiger partial charge in [0.05, 0.1) is 12.5 Å². The molecule has 0 bridgehead atoms. The molecule has 6 nitrogen and oxygen atoms in total. The highest BCUT2D eigenvalue weighted by molar-refractivity contribution is 5.70. The van der Waals surface area contributed by atoms with Gasteiger partial charge >= 0.3 is 5.97 Å². The number of H-pyrrole nitrogens is 1. The molecule has 1 heterocycles. The number of nitrogens with one attached hydrogen (secondary N) is 2. The molecule has 0 spiro atoms. The molecular weight excluding hydrogens is 208 g/mol. The number of rotatable bonds is 4. The third kappa shape index (κ3) is 2.79. The lowest BCUT2D eigenvalue weighted by molar-refractivity contribution is -0.143. The smallest absolute Gasteiger partial charge is 0.306 e. The van der Waals surface area contributed by atoms with Gasteiger partial charge in [-0.15, -0.1) is 0 Å². The molecule has 3 N–H and O–H groups in total. The quantitative estimate of drug-likeness (QED) is 0.694. The van der Waals surface area contributed by atoms with Gasteiger partial charge in [0.15, 0.2) is 0 Å². The van der Waals surface area contributed by atoms with E-state index in [2.05, 4.69) is 20.5 Å². The van der Waals surface area contributed by atoms with Crippen LogP contribution >= 0.6 is 0 Å². The maximum atomic E-state index is 10.9. The number of aromatic amines is 1. The van der Waals surface area contributed by atoms with Gasteiger partial charge in [-0.25, -0.2) is 4.98 Å². The number of carbonyl (C=O) groups is 1. The third-order valence-corrected chi connectivity index (χ3v) is 3.05. The number of nitrogens with zero attached hydrogens (tertiary/aromatic N) is 2. The summed E-state index contributed by atoms with van der Waals surface area (Å²) in [6, 6.07) is 0.278. The van der Waals surface area contributed by atoms with Crippen molar-refractivity contribution in [3.05, 3.63) is 12.2 Å². The van der Waals surface area contributed by atoms with E-state index in [0.29, 0.717) is 13.0 Å². The van der Waals surface area contributed by atoms with Crippen LogP contribution in [0.3, 0.4) is 0 Å². The summed E-state index contributed by atoms with van der Waals surface area (Å²) in [7, 11) is 0. The van der Waals surface area contributed by atoms with E-state index >= 15 is 0 Å². The fraction of sp³-hybridized carbons (Fsp3) is 0.700. The first kappa shape index (κ1) is 11.1. The predicted octanol–water partition coefficient (Wildman–Crippen LogP) is 0.538. The number of aromatic nitrogens is 3. The second-order valence-electron chi connectivity index (χ2n) is 4.21. The number of carboxylic acid groups (broad SMARTS) is 1. The molecule has 16 heavy (non-hydrogen) atoms. The molecule has 0 saturated heterocycles. The summed E-state index contributed by atoms with van der Waals surface area (Å²) >= 11 is 0. The second kappa shape index (κ2) is 5.07. The Hall–Kier alpha value is -1.43. The van der Waals surface area contributed by atoms with Crippen LogP contribution in [0.5, 0.6) is 0 Å². The van der Waals surface area contributed by atoms with Crippen LogP contribution < -0.4 is 5.32 Å². The standard InChI is InChI=1S/C10H16N4O2/c15-10(16)7-2-1-3-8(4-7)11-5-9-12-6-13-14-9/h6-8,11H,1-5H2,(H,15,16)(H,12,13,14). The van der Waals surface area contributed by atoms with E-state index in [0.717, 1.165) is 25.1 Å². The zero-order valence-corrected chi connectivity index (χ0v) is 9.02. The lowest BCUT2D eigenvalue weighted by Crippen LogP contribution is -2.36. The molecule has 0 amide bonds. The molecule has 0 radical (unpaired) electrons. The SMILES string of the molecule is O=C(O)C1CCCC(NCc2ncn[nH]2)C1. The summed E-state index contributed by atoms with van der Waals surface area (Å²) in [5.41, 5.74) is 0. The Morgan fingerprint density at radius 1 is 1.62 bits per heavy atom. The first-order valence-electron chi connectivity index (χ1n) is 5.56. The molecule has 1 aliphatic carbocycles. The Kier molecular flexibility index (Phi) is 3.51. The number of aliphatic carboxylic acids is 1. The number of hydrogen-bond acceptors (Lipinski definition) is 4. The highest BCUT2D eigenvalue weighted by Crippen LogP contribution is 2.24. The van der Waals surface area contributed by atoms with E-state index in [9.17, 15) is 4.79 Å². The van der Waals surface area contributed by atoms with E-state index < -0.39 is 5.97 Å². The average molecular weight is 224 g/mol. The van der Waals surface area contributed by atoms with Gasteiger partial charge in [-0.2, -0.15) is 5.10 Å². The molecule has 0 aromatic carbocycles. The molecule has 1 aromatic heterocycles. The van der Waals surface area contributed by atoms with Gasteiger partial charge in [-0.1, -0.05) is 6.42 Å². The lowest BCUT2D eigenvalue weighted by atomic mass is 9.86. The predicted molar refractivity (Wildman–Crippen MR) is 56.6 cm³/mol. The minimum Gasteiger partial charge on any atom is -0.481 e. The maximum Gasteiger partial charge on any atom is 0.306 e. The molecule has 88 valence electrons. The topological polar surface area (TPSA) is 90.9 Å². The molecule has 2 atom stereocenters. The van der Waals surface area contributed by atoms with E-state index in [-0.39, 0.29) is 12.0 Å². The molecule has 1 saturated carbocycles. The minimum absolute atomic E-state index is 0.194. The summed E-state index contributed by atoms with van der Waals surface area (Å²) in [5.74, 6) is -0.0791. The van der Waals surface area contributed by atoms with Crippen LogP contribution in [0.2, 0.25) is 0 Å². The minimum atomic E-state index is -0.675. The van der Waals surface area contributed by atoms with Crippen molar-refractivity contribution >= 4 is 5.97 Å². The summed E-state index contributed by atoms with van der Waals surface area (Å²) in [6.45, 7) is 0.622. The zero-order valence-electron chi connectivity index (χ0n) is 9.02. The van der Waals surface area contributed by atoms with Crippen LogP contribution in [0, 0.1) is 5.92 Å². The van der Waals surface area contributed by atoms with Gasteiger partial charge < -0.3 is 10.4 Å². The summed E-state index contributed by atoms with van der Waals surface area (Å²) < 4.78 is 0. The highest BCUT2D eigenvalue weighted by Gasteiger charge is 2.26. The lowest BCUT2D eigenvalue weighted by Gasteiger charge is -2.27. The van der Waals surface area contributed by atoms with Crippen LogP contribution in [0.1, 0.15) is 31.5 Å². The van der Waals surface area contributed by atoms with E-state index in [4.69, 9.17) is 5.11 Å². The fourth-order valence-electron chi connectivity index (χ4n) is 2.16. The van der Waals surface area contributed by atoms with Gasteiger partial charge in [-0.05, 0) is 19.3 Å². The van der Waals surface area contributed by atoms with Gasteiger partial charge in [0.2, 0.25) is 0 Å². The fourth-order valence-corrected chi connectivity index (χ4v) is 2.16. The van der Waals surface area contributed by atoms with Crippen LogP contribution in [-0.4, -0.2) is 32.3 Å². The number of carboxylic acids is 1. The van der Waals surface area contributed by atoms with Crippen LogP contribution in [0.25, 0.3) is 0 Å². The van der Waals surface area contributed by atoms with Crippen molar-refractivity contribution in [3.8, 4) is 0 Å². The van der Waals surface area contributed by atoms with Gasteiger partial charge in [0, 0.05) is 6.04 Å². The molecular formula is C10H16N4O2. The van der Waals surface area contributed by atoms with Gasteiger partial charge in [-0.3, -0.25) is 9.89 Å². The molecule has 2 unspecified atom stereocenters. The molecule has 6 heteroatoms. The first-order chi connectivity index (χ1) is 7.75. The summed E-state index contributed by atoms with van der Waals surface area (Å²) in [6.07, 6.45) is 5.00. The van der Waals surface area contributed by atoms with Crippen molar-refractivity contribution in [1.29, 1.82) is 0 Å². The van der Waals surface area contributed by atoms with Crippen LogP contribution in [0.15, 0.2) is 6.33 Å². The maximum absolute atomic E-state index is 10.9. The monoisotopic (exact) mass is 224 g/mol. The van der Waals surface area contributed by atoms with Crippen molar-refractivity contribution < 1.29 is 9.90 Å². The van der Waals surface area contributed by atoms with Crippen LogP contribution in [0.4, 0.5) is 0 Å². The Bertz CT molecular complexity index is 339. The van der Waals surface area contributed by atoms with Crippen molar-refractivity contribution in [3.63, 3.8) is 0 Å². The molecule has 1 aliphatic rings. The Labute approximate surface area is 93.5 Å². The zero-order chi connectivity index (χ0) is 11.4. The van der Waals surface area contributed by atoms with Gasteiger partial charge in [0.1, 0.15) is 12.2 Å². The van der Waals surface area contributed by atoms with E-state index in [1.165, 1.54) is 6.33 Å². The van der Waals surface area contributed by atoms with Crippen molar-refractivity contribution in [2.45, 2.75) is 38.3 Å². The van der Waals surface area contributed by atoms with Crippen molar-refractivity contribution in [2.75, 3.05) is 0 Å². The molecule has 1 fully saturated rings. The Morgan fingerprint density at radius 3 is 3.19 bits per heavy atom. The normalized spacial score (nSPS) is 25.5. The number of hydrogen-bond donors (Lipinski definition) is 3. The van der Waals surface area contributed by atoms with Crippen LogP contribution in [-0.2, 0) is 11.3 Å². The van der Waals surface area contributed by atoms with Crippen molar-refractivity contribution in [1.82, 2.24) is 20.5 Å². The summed E-state index contributed by atoms with van der Waals surface area (Å²) in [5, 5.41) is 18.8.